The number of hydrogen-bond donors (Lipinski definition) is 0. The summed E-state index contributed by atoms with van der Waals surface area (Å²) in [5.41, 5.74) is 1.15. The second-order valence-electron chi connectivity index (χ2n) is 6.56. The van der Waals surface area contributed by atoms with Crippen LogP contribution in [0.2, 0.25) is 0 Å². The van der Waals surface area contributed by atoms with Gasteiger partial charge in [-0.1, -0.05) is 24.3 Å². The van der Waals surface area contributed by atoms with Gasteiger partial charge < -0.3 is 0 Å². The summed E-state index contributed by atoms with van der Waals surface area (Å²) < 4.78 is 31.2. The summed E-state index contributed by atoms with van der Waals surface area (Å²) in [6.07, 6.45) is 3.21. The molecule has 6 heteroatoms. The maximum atomic E-state index is 14.8. The van der Waals surface area contributed by atoms with Gasteiger partial charge in [0.2, 0.25) is 0 Å². The Hall–Kier alpha value is -3.07. The minimum atomic E-state index is -3.07. The standard InChI is InChI=1S/C19H14F2N4/c1-18(2)19(20,21)15-6-4-3-5-13(15)17(24-18)14-10-23-25-11-12(9-22)7-8-16(14)25/h3-8,10-11H,1-2H3. The molecule has 0 fully saturated rings. The predicted octanol–water partition coefficient (Wildman–Crippen LogP) is 3.93. The fraction of sp³-hybridized carbons (Fsp3) is 0.211. The van der Waals surface area contributed by atoms with Crippen molar-refractivity contribution < 1.29 is 8.78 Å². The van der Waals surface area contributed by atoms with E-state index in [2.05, 4.69) is 16.2 Å². The zero-order valence-corrected chi connectivity index (χ0v) is 13.7. The lowest BCUT2D eigenvalue weighted by molar-refractivity contribution is -0.0681. The lowest BCUT2D eigenvalue weighted by Gasteiger charge is -2.37. The number of rotatable bonds is 1. The average Bonchev–Trinajstić information content (AvgIpc) is 3.01. The van der Waals surface area contributed by atoms with Crippen LogP contribution in [0.3, 0.4) is 0 Å². The van der Waals surface area contributed by atoms with Gasteiger partial charge in [-0.05, 0) is 26.0 Å². The fourth-order valence-corrected chi connectivity index (χ4v) is 3.14. The molecule has 0 N–H and O–H groups in total. The summed E-state index contributed by atoms with van der Waals surface area (Å²) in [6, 6.07) is 11.9. The molecule has 4 nitrogen and oxygen atoms in total. The van der Waals surface area contributed by atoms with E-state index in [0.29, 0.717) is 27.9 Å². The smallest absolute Gasteiger partial charge is 0.271 e. The van der Waals surface area contributed by atoms with Crippen LogP contribution in [0, 0.1) is 11.3 Å². The van der Waals surface area contributed by atoms with E-state index in [1.165, 1.54) is 19.9 Å². The Morgan fingerprint density at radius 3 is 2.60 bits per heavy atom. The topological polar surface area (TPSA) is 53.5 Å². The number of halogens is 2. The number of hydrogen-bond acceptors (Lipinski definition) is 3. The molecule has 3 heterocycles. The predicted molar refractivity (Wildman–Crippen MR) is 90.0 cm³/mol. The van der Waals surface area contributed by atoms with Gasteiger partial charge in [0, 0.05) is 22.9 Å². The Morgan fingerprint density at radius 1 is 1.08 bits per heavy atom. The van der Waals surface area contributed by atoms with Crippen molar-refractivity contribution >= 4 is 11.2 Å². The van der Waals surface area contributed by atoms with Crippen LogP contribution in [-0.4, -0.2) is 20.9 Å². The Bertz CT molecular complexity index is 1070. The van der Waals surface area contributed by atoms with Crippen LogP contribution in [0.4, 0.5) is 8.78 Å². The van der Waals surface area contributed by atoms with Crippen LogP contribution in [0.15, 0.2) is 53.8 Å². The highest BCUT2D eigenvalue weighted by Gasteiger charge is 2.52. The molecule has 2 aromatic heterocycles. The molecule has 3 aromatic rings. The molecule has 4 rings (SSSR count). The second kappa shape index (κ2) is 4.96. The number of fused-ring (bicyclic) bond motifs is 2. The molecule has 0 saturated heterocycles. The van der Waals surface area contributed by atoms with E-state index in [0.717, 1.165) is 0 Å². The lowest BCUT2D eigenvalue weighted by atomic mass is 9.82. The van der Waals surface area contributed by atoms with Crippen LogP contribution < -0.4 is 0 Å². The molecule has 0 radical (unpaired) electrons. The van der Waals surface area contributed by atoms with E-state index < -0.39 is 11.5 Å². The van der Waals surface area contributed by atoms with Crippen molar-refractivity contribution in [1.29, 1.82) is 5.26 Å². The number of pyridine rings is 1. The van der Waals surface area contributed by atoms with Crippen LogP contribution >= 0.6 is 0 Å². The lowest BCUT2D eigenvalue weighted by Crippen LogP contribution is -2.44. The summed E-state index contributed by atoms with van der Waals surface area (Å²) >= 11 is 0. The molecule has 0 saturated carbocycles. The number of alkyl halides is 2. The van der Waals surface area contributed by atoms with Crippen LogP contribution in [0.1, 0.15) is 36.1 Å². The van der Waals surface area contributed by atoms with Gasteiger partial charge >= 0.3 is 0 Å². The maximum absolute atomic E-state index is 14.8. The Morgan fingerprint density at radius 2 is 1.84 bits per heavy atom. The molecule has 0 spiro atoms. The first-order valence-electron chi connectivity index (χ1n) is 7.80. The van der Waals surface area contributed by atoms with E-state index in [4.69, 9.17) is 5.26 Å². The first-order valence-corrected chi connectivity index (χ1v) is 7.80. The van der Waals surface area contributed by atoms with Gasteiger partial charge in [-0.3, -0.25) is 4.99 Å². The number of nitriles is 1. The summed E-state index contributed by atoms with van der Waals surface area (Å²) in [6.45, 7) is 2.87. The molecule has 1 aromatic carbocycles. The molecule has 0 bridgehead atoms. The third-order valence-corrected chi connectivity index (χ3v) is 4.58. The average molecular weight is 336 g/mol. The van der Waals surface area contributed by atoms with Crippen molar-refractivity contribution in [2.75, 3.05) is 0 Å². The third-order valence-electron chi connectivity index (χ3n) is 4.58. The van der Waals surface area contributed by atoms with E-state index in [1.807, 2.05) is 0 Å². The van der Waals surface area contributed by atoms with Crippen LogP contribution in [0.5, 0.6) is 0 Å². The molecular formula is C19H14F2N4. The van der Waals surface area contributed by atoms with E-state index in [1.54, 1.807) is 47.2 Å². The number of nitrogens with zero attached hydrogens (tertiary/aromatic N) is 4. The highest BCUT2D eigenvalue weighted by molar-refractivity contribution is 6.18. The van der Waals surface area contributed by atoms with Crippen molar-refractivity contribution in [2.45, 2.75) is 25.3 Å². The van der Waals surface area contributed by atoms with Gasteiger partial charge in [0.15, 0.2) is 0 Å². The fourth-order valence-electron chi connectivity index (χ4n) is 3.14. The van der Waals surface area contributed by atoms with E-state index >= 15 is 0 Å². The number of benzene rings is 1. The Labute approximate surface area is 143 Å². The summed E-state index contributed by atoms with van der Waals surface area (Å²) in [5.74, 6) is -3.07. The largest absolute Gasteiger partial charge is 0.297 e. The van der Waals surface area contributed by atoms with Gasteiger partial charge in [0.1, 0.15) is 11.6 Å². The van der Waals surface area contributed by atoms with Crippen molar-refractivity contribution in [3.8, 4) is 6.07 Å². The quantitative estimate of drug-likeness (QED) is 0.676. The first kappa shape index (κ1) is 15.5. The van der Waals surface area contributed by atoms with Gasteiger partial charge in [0.25, 0.3) is 5.92 Å². The molecule has 25 heavy (non-hydrogen) atoms. The third kappa shape index (κ3) is 2.09. The van der Waals surface area contributed by atoms with E-state index in [9.17, 15) is 8.78 Å². The zero-order valence-electron chi connectivity index (χ0n) is 13.7. The normalized spacial score (nSPS) is 17.6. The van der Waals surface area contributed by atoms with Crippen molar-refractivity contribution in [1.82, 2.24) is 9.61 Å². The molecule has 0 unspecified atom stereocenters. The molecule has 0 amide bonds. The van der Waals surface area contributed by atoms with Gasteiger partial charge in [-0.25, -0.2) is 4.52 Å². The molecule has 0 aliphatic carbocycles. The molecule has 1 aliphatic heterocycles. The van der Waals surface area contributed by atoms with Gasteiger partial charge in [-0.2, -0.15) is 19.1 Å². The summed E-state index contributed by atoms with van der Waals surface area (Å²) in [5, 5.41) is 13.3. The van der Waals surface area contributed by atoms with Crippen LogP contribution in [-0.2, 0) is 5.92 Å². The number of aromatic nitrogens is 2. The number of aliphatic imine (C=N–C) groups is 1. The SMILES string of the molecule is CC1(C)N=C(c2cnn3cc(C#N)ccc23)c2ccccc2C1(F)F. The van der Waals surface area contributed by atoms with Crippen molar-refractivity contribution in [2.24, 2.45) is 4.99 Å². The maximum Gasteiger partial charge on any atom is 0.297 e. The van der Waals surface area contributed by atoms with Crippen molar-refractivity contribution in [3.63, 3.8) is 0 Å². The molecule has 124 valence electrons. The molecular weight excluding hydrogens is 322 g/mol. The van der Waals surface area contributed by atoms with Crippen LogP contribution in [0.25, 0.3) is 5.52 Å². The van der Waals surface area contributed by atoms with Crippen molar-refractivity contribution in [3.05, 3.63) is 71.0 Å². The molecule has 0 atom stereocenters. The highest BCUT2D eigenvalue weighted by atomic mass is 19.3. The first-order chi connectivity index (χ1) is 11.8. The monoisotopic (exact) mass is 336 g/mol. The highest BCUT2D eigenvalue weighted by Crippen LogP contribution is 2.46. The zero-order chi connectivity index (χ0) is 17.8. The minimum Gasteiger partial charge on any atom is -0.271 e. The molecule has 1 aliphatic rings. The van der Waals surface area contributed by atoms with Gasteiger partial charge in [0.05, 0.1) is 23.0 Å². The summed E-state index contributed by atoms with van der Waals surface area (Å²) in [4.78, 5) is 4.39. The Kier molecular flexibility index (Phi) is 3.07. The summed E-state index contributed by atoms with van der Waals surface area (Å²) in [7, 11) is 0. The van der Waals surface area contributed by atoms with E-state index in [-0.39, 0.29) is 5.56 Å². The second-order valence-corrected chi connectivity index (χ2v) is 6.56. The minimum absolute atomic E-state index is 0.0296. The van der Waals surface area contributed by atoms with Gasteiger partial charge in [-0.15, -0.1) is 0 Å². The Balaban J connectivity index is 2.00.